The fourth-order valence-electron chi connectivity index (χ4n) is 1.86. The molecule has 18 heavy (non-hydrogen) atoms. The molecule has 0 fully saturated rings. The van der Waals surface area contributed by atoms with Crippen LogP contribution in [0.3, 0.4) is 0 Å². The summed E-state index contributed by atoms with van der Waals surface area (Å²) < 4.78 is 1.16. The first-order chi connectivity index (χ1) is 8.76. The number of aromatic hydroxyl groups is 1. The normalized spacial score (nSPS) is 10.7. The molecule has 2 N–H and O–H groups in total. The Labute approximate surface area is 109 Å². The second-order valence-electron chi connectivity index (χ2n) is 4.00. The number of phenols is 1. The molecule has 0 radical (unpaired) electrons. The molecule has 0 saturated heterocycles. The zero-order chi connectivity index (χ0) is 12.5. The second-order valence-corrected chi connectivity index (χ2v) is 5.03. The molecule has 3 aromatic rings. The van der Waals surface area contributed by atoms with Gasteiger partial charge < -0.3 is 10.4 Å². The first-order valence-electron chi connectivity index (χ1n) is 5.64. The van der Waals surface area contributed by atoms with Crippen LogP contribution in [0.2, 0.25) is 0 Å². The van der Waals surface area contributed by atoms with E-state index in [0.717, 1.165) is 26.5 Å². The molecule has 0 spiro atoms. The maximum Gasteiger partial charge on any atom is 0.183 e. The van der Waals surface area contributed by atoms with Crippen molar-refractivity contribution in [1.29, 1.82) is 0 Å². The Bertz CT molecular complexity index is 689. The molecule has 0 aliphatic carbocycles. The van der Waals surface area contributed by atoms with E-state index >= 15 is 0 Å². The molecule has 90 valence electrons. The Kier molecular flexibility index (Phi) is 2.64. The van der Waals surface area contributed by atoms with E-state index in [0.29, 0.717) is 0 Å². The van der Waals surface area contributed by atoms with Gasteiger partial charge in [0.15, 0.2) is 5.13 Å². The third-order valence-electron chi connectivity index (χ3n) is 2.80. The van der Waals surface area contributed by atoms with Gasteiger partial charge in [-0.1, -0.05) is 29.5 Å². The molecule has 0 amide bonds. The van der Waals surface area contributed by atoms with Crippen molar-refractivity contribution in [2.45, 2.75) is 0 Å². The summed E-state index contributed by atoms with van der Waals surface area (Å²) >= 11 is 1.64. The molecule has 0 atom stereocenters. The topological polar surface area (TPSA) is 45.2 Å². The van der Waals surface area contributed by atoms with Crippen LogP contribution in [-0.2, 0) is 0 Å². The summed E-state index contributed by atoms with van der Waals surface area (Å²) in [5.74, 6) is 0.287. The standard InChI is InChI=1S/C14H12N2OS/c1-15-14-16-12-7-4-10(8-13(12)18-14)9-2-5-11(17)6-3-9/h2-8,17H,1H3,(H,15,16). The molecule has 0 bridgehead atoms. The Morgan fingerprint density at radius 3 is 2.50 bits per heavy atom. The van der Waals surface area contributed by atoms with E-state index in [2.05, 4.69) is 16.4 Å². The summed E-state index contributed by atoms with van der Waals surface area (Å²) in [7, 11) is 1.87. The van der Waals surface area contributed by atoms with Crippen LogP contribution in [0, 0.1) is 0 Å². The van der Waals surface area contributed by atoms with Crippen LogP contribution < -0.4 is 5.32 Å². The smallest absolute Gasteiger partial charge is 0.183 e. The van der Waals surface area contributed by atoms with Gasteiger partial charge in [-0.3, -0.25) is 0 Å². The molecule has 1 heterocycles. The SMILES string of the molecule is CNc1nc2ccc(-c3ccc(O)cc3)cc2s1. The number of anilines is 1. The van der Waals surface area contributed by atoms with E-state index in [4.69, 9.17) is 0 Å². The van der Waals surface area contributed by atoms with Crippen LogP contribution in [-0.4, -0.2) is 17.1 Å². The predicted octanol–water partition coefficient (Wildman–Crippen LogP) is 3.71. The molecular formula is C14H12N2OS. The number of phenolic OH excluding ortho intramolecular Hbond substituents is 1. The number of aromatic nitrogens is 1. The lowest BCUT2D eigenvalue weighted by Gasteiger charge is -2.01. The fraction of sp³-hybridized carbons (Fsp3) is 0.0714. The summed E-state index contributed by atoms with van der Waals surface area (Å²) in [6.45, 7) is 0. The van der Waals surface area contributed by atoms with E-state index in [-0.39, 0.29) is 5.75 Å². The van der Waals surface area contributed by atoms with Gasteiger partial charge in [-0.05, 0) is 35.4 Å². The van der Waals surface area contributed by atoms with Gasteiger partial charge in [0.05, 0.1) is 10.2 Å². The molecule has 3 rings (SSSR count). The molecule has 0 aliphatic heterocycles. The highest BCUT2D eigenvalue weighted by Gasteiger charge is 2.04. The van der Waals surface area contributed by atoms with Crippen molar-refractivity contribution < 1.29 is 5.11 Å². The summed E-state index contributed by atoms with van der Waals surface area (Å²) in [5.41, 5.74) is 3.23. The van der Waals surface area contributed by atoms with Crippen LogP contribution in [0.5, 0.6) is 5.75 Å². The number of thiazole rings is 1. The minimum atomic E-state index is 0.287. The molecule has 2 aromatic carbocycles. The van der Waals surface area contributed by atoms with Gasteiger partial charge in [0.1, 0.15) is 5.75 Å². The van der Waals surface area contributed by atoms with E-state index in [1.807, 2.05) is 31.3 Å². The highest BCUT2D eigenvalue weighted by atomic mass is 32.1. The third kappa shape index (κ3) is 1.91. The average molecular weight is 256 g/mol. The van der Waals surface area contributed by atoms with Crippen molar-refractivity contribution in [2.24, 2.45) is 0 Å². The second kappa shape index (κ2) is 4.31. The molecular weight excluding hydrogens is 244 g/mol. The molecule has 0 aliphatic rings. The van der Waals surface area contributed by atoms with Gasteiger partial charge in [-0.2, -0.15) is 0 Å². The van der Waals surface area contributed by atoms with E-state index < -0.39 is 0 Å². The van der Waals surface area contributed by atoms with Crippen molar-refractivity contribution >= 4 is 26.7 Å². The molecule has 0 unspecified atom stereocenters. The van der Waals surface area contributed by atoms with Crippen LogP contribution in [0.15, 0.2) is 42.5 Å². The lowest BCUT2D eigenvalue weighted by molar-refractivity contribution is 0.475. The zero-order valence-electron chi connectivity index (χ0n) is 9.84. The quantitative estimate of drug-likeness (QED) is 0.734. The largest absolute Gasteiger partial charge is 0.508 e. The van der Waals surface area contributed by atoms with Gasteiger partial charge in [0.25, 0.3) is 0 Å². The van der Waals surface area contributed by atoms with Gasteiger partial charge in [0.2, 0.25) is 0 Å². The highest BCUT2D eigenvalue weighted by Crippen LogP contribution is 2.30. The minimum Gasteiger partial charge on any atom is -0.508 e. The fourth-order valence-corrected chi connectivity index (χ4v) is 2.72. The summed E-state index contributed by atoms with van der Waals surface area (Å²) in [5, 5.41) is 13.3. The van der Waals surface area contributed by atoms with E-state index in [1.165, 1.54) is 0 Å². The Balaban J connectivity index is 2.09. The molecule has 4 heteroatoms. The number of fused-ring (bicyclic) bond motifs is 1. The number of nitrogens with one attached hydrogen (secondary N) is 1. The number of nitrogens with zero attached hydrogens (tertiary/aromatic N) is 1. The molecule has 3 nitrogen and oxygen atoms in total. The third-order valence-corrected chi connectivity index (χ3v) is 3.84. The van der Waals surface area contributed by atoms with Crippen molar-refractivity contribution in [3.8, 4) is 16.9 Å². The Morgan fingerprint density at radius 1 is 1.06 bits per heavy atom. The first-order valence-corrected chi connectivity index (χ1v) is 6.45. The predicted molar refractivity (Wildman–Crippen MR) is 76.3 cm³/mol. The van der Waals surface area contributed by atoms with Crippen LogP contribution in [0.1, 0.15) is 0 Å². The van der Waals surface area contributed by atoms with E-state index in [1.54, 1.807) is 23.5 Å². The van der Waals surface area contributed by atoms with Gasteiger partial charge >= 0.3 is 0 Å². The van der Waals surface area contributed by atoms with E-state index in [9.17, 15) is 5.11 Å². The Morgan fingerprint density at radius 2 is 1.78 bits per heavy atom. The van der Waals surface area contributed by atoms with Gasteiger partial charge in [0, 0.05) is 7.05 Å². The number of benzene rings is 2. The van der Waals surface area contributed by atoms with Crippen molar-refractivity contribution in [3.63, 3.8) is 0 Å². The summed E-state index contributed by atoms with van der Waals surface area (Å²) in [6, 6.07) is 13.4. The van der Waals surface area contributed by atoms with Crippen LogP contribution in [0.25, 0.3) is 21.3 Å². The lowest BCUT2D eigenvalue weighted by Crippen LogP contribution is -1.83. The minimum absolute atomic E-state index is 0.287. The zero-order valence-corrected chi connectivity index (χ0v) is 10.7. The Hall–Kier alpha value is -2.07. The molecule has 0 saturated carbocycles. The number of hydrogen-bond donors (Lipinski definition) is 2. The summed E-state index contributed by atoms with van der Waals surface area (Å²) in [6.07, 6.45) is 0. The van der Waals surface area contributed by atoms with Crippen LogP contribution >= 0.6 is 11.3 Å². The molecule has 1 aromatic heterocycles. The monoisotopic (exact) mass is 256 g/mol. The summed E-state index contributed by atoms with van der Waals surface area (Å²) in [4.78, 5) is 4.45. The van der Waals surface area contributed by atoms with Crippen molar-refractivity contribution in [2.75, 3.05) is 12.4 Å². The highest BCUT2D eigenvalue weighted by molar-refractivity contribution is 7.22. The first kappa shape index (κ1) is 11.0. The lowest BCUT2D eigenvalue weighted by atomic mass is 10.1. The van der Waals surface area contributed by atoms with Gasteiger partial charge in [-0.15, -0.1) is 0 Å². The van der Waals surface area contributed by atoms with Crippen molar-refractivity contribution in [3.05, 3.63) is 42.5 Å². The number of rotatable bonds is 2. The van der Waals surface area contributed by atoms with Crippen LogP contribution in [0.4, 0.5) is 5.13 Å². The van der Waals surface area contributed by atoms with Crippen molar-refractivity contribution in [1.82, 2.24) is 4.98 Å². The number of hydrogen-bond acceptors (Lipinski definition) is 4. The average Bonchev–Trinajstić information content (AvgIpc) is 2.81. The van der Waals surface area contributed by atoms with Gasteiger partial charge in [-0.25, -0.2) is 4.98 Å². The maximum atomic E-state index is 9.29. The maximum absolute atomic E-state index is 9.29.